The third-order valence-corrected chi connectivity index (χ3v) is 7.32. The molecule has 3 N–H and O–H groups in total. The molecular formula is C33H42O7. The van der Waals surface area contributed by atoms with Gasteiger partial charge in [-0.3, -0.25) is 9.59 Å². The summed E-state index contributed by atoms with van der Waals surface area (Å²) >= 11 is 0. The van der Waals surface area contributed by atoms with Gasteiger partial charge in [0.15, 0.2) is 0 Å². The van der Waals surface area contributed by atoms with Crippen LogP contribution in [0.4, 0.5) is 0 Å². The van der Waals surface area contributed by atoms with Crippen LogP contribution in [-0.4, -0.2) is 59.1 Å². The number of hydrogen-bond donors (Lipinski definition) is 3. The first-order valence-corrected chi connectivity index (χ1v) is 14.1. The zero-order chi connectivity index (χ0) is 28.7. The number of aliphatic hydroxyl groups is 3. The van der Waals surface area contributed by atoms with Crippen molar-refractivity contribution in [1.82, 2.24) is 0 Å². The molecule has 0 bridgehead atoms. The number of esters is 1. The van der Waals surface area contributed by atoms with Crippen LogP contribution in [0.2, 0.25) is 0 Å². The Morgan fingerprint density at radius 1 is 1.07 bits per heavy atom. The van der Waals surface area contributed by atoms with Gasteiger partial charge >= 0.3 is 5.97 Å². The number of unbranched alkanes of at least 4 members (excludes halogenated alkanes) is 1. The molecule has 1 aliphatic carbocycles. The number of aryl methyl sites for hydroxylation is 2. The molecule has 0 radical (unpaired) electrons. The first-order chi connectivity index (χ1) is 19.4. The molecule has 2 aromatic rings. The van der Waals surface area contributed by atoms with Gasteiger partial charge in [-0.05, 0) is 62.1 Å². The predicted octanol–water partition coefficient (Wildman–Crippen LogP) is 4.75. The third-order valence-electron chi connectivity index (χ3n) is 7.32. The maximum Gasteiger partial charge on any atom is 0.305 e. The Hall–Kier alpha value is -3.26. The van der Waals surface area contributed by atoms with E-state index in [1.807, 2.05) is 61.5 Å². The fraction of sp³-hybridized carbons (Fsp3) is 0.455. The summed E-state index contributed by atoms with van der Waals surface area (Å²) in [5.41, 5.74) is 2.61. The molecule has 0 saturated heterocycles. The summed E-state index contributed by atoms with van der Waals surface area (Å²) in [5.74, 6) is -0.0269. The van der Waals surface area contributed by atoms with Gasteiger partial charge < -0.3 is 24.8 Å². The van der Waals surface area contributed by atoms with E-state index in [0.29, 0.717) is 49.8 Å². The lowest BCUT2D eigenvalue weighted by molar-refractivity contribution is -0.144. The molecule has 40 heavy (non-hydrogen) atoms. The van der Waals surface area contributed by atoms with Crippen molar-refractivity contribution in [3.8, 4) is 5.75 Å². The van der Waals surface area contributed by atoms with Gasteiger partial charge in [-0.1, -0.05) is 66.8 Å². The van der Waals surface area contributed by atoms with Crippen molar-refractivity contribution < 1.29 is 34.4 Å². The van der Waals surface area contributed by atoms with Gasteiger partial charge in [0.05, 0.1) is 18.3 Å². The maximum absolute atomic E-state index is 12.0. The lowest BCUT2D eigenvalue weighted by Crippen LogP contribution is -2.20. The molecule has 0 spiro atoms. The van der Waals surface area contributed by atoms with E-state index in [9.17, 15) is 24.9 Å². The number of carbonyl (C=O) groups is 2. The van der Waals surface area contributed by atoms with Gasteiger partial charge in [-0.25, -0.2) is 0 Å². The van der Waals surface area contributed by atoms with Gasteiger partial charge in [0.1, 0.15) is 25.2 Å². The van der Waals surface area contributed by atoms with Crippen LogP contribution in [-0.2, 0) is 16.0 Å². The fourth-order valence-electron chi connectivity index (χ4n) is 4.98. The van der Waals surface area contributed by atoms with Crippen LogP contribution >= 0.6 is 0 Å². The lowest BCUT2D eigenvalue weighted by Gasteiger charge is -2.19. The summed E-state index contributed by atoms with van der Waals surface area (Å²) < 4.78 is 10.8. The summed E-state index contributed by atoms with van der Waals surface area (Å²) in [5, 5.41) is 31.3. The van der Waals surface area contributed by atoms with E-state index in [1.165, 1.54) is 5.56 Å². The normalized spacial score (nSPS) is 21.6. The number of carbonyl (C=O) groups excluding carboxylic acids is 2. The number of rotatable bonds is 16. The van der Waals surface area contributed by atoms with Crippen molar-refractivity contribution in [3.05, 3.63) is 89.5 Å². The van der Waals surface area contributed by atoms with E-state index in [4.69, 9.17) is 9.47 Å². The van der Waals surface area contributed by atoms with Crippen molar-refractivity contribution in [2.45, 2.75) is 70.2 Å². The first-order valence-electron chi connectivity index (χ1n) is 14.1. The van der Waals surface area contributed by atoms with Crippen LogP contribution in [0, 0.1) is 18.8 Å². The standard InChI is InChI=1S/C33H42O7/c1-24-13-14-26(23-34)21-32(24)39-19-20-40-33(38)12-8-3-2-7-11-28-29(31(37)22-30(28)36)18-17-27(35)16-15-25-9-5-4-6-10-25/h2,4-7,9-10,13-14,17-18,21,23,27-31,35-37H,3,8,11-12,15-16,19-20,22H2,1H3/b7-2-,18-17+/t27-,28+,29+,30-,31+/m0/s1. The Bertz CT molecular complexity index is 1110. The van der Waals surface area contributed by atoms with E-state index in [-0.39, 0.29) is 31.0 Å². The monoisotopic (exact) mass is 550 g/mol. The number of ether oxygens (including phenoxy) is 2. The Labute approximate surface area is 237 Å². The smallest absolute Gasteiger partial charge is 0.305 e. The van der Waals surface area contributed by atoms with E-state index in [2.05, 4.69) is 0 Å². The van der Waals surface area contributed by atoms with Gasteiger partial charge in [-0.2, -0.15) is 0 Å². The summed E-state index contributed by atoms with van der Waals surface area (Å²) in [7, 11) is 0. The summed E-state index contributed by atoms with van der Waals surface area (Å²) in [4.78, 5) is 22.9. The first kappa shape index (κ1) is 31.3. The van der Waals surface area contributed by atoms with Gasteiger partial charge in [0, 0.05) is 24.3 Å². The van der Waals surface area contributed by atoms with Crippen molar-refractivity contribution in [2.75, 3.05) is 13.2 Å². The topological polar surface area (TPSA) is 113 Å². The van der Waals surface area contributed by atoms with Crippen LogP contribution in [0.3, 0.4) is 0 Å². The number of allylic oxidation sites excluding steroid dienone is 2. The molecule has 1 fully saturated rings. The summed E-state index contributed by atoms with van der Waals surface area (Å²) in [6.07, 6.45) is 10.4. The van der Waals surface area contributed by atoms with Crippen molar-refractivity contribution in [3.63, 3.8) is 0 Å². The highest BCUT2D eigenvalue weighted by atomic mass is 16.6. The average Bonchev–Trinajstić information content (AvgIpc) is 3.23. The molecule has 1 aliphatic rings. The molecule has 0 heterocycles. The van der Waals surface area contributed by atoms with Gasteiger partial charge in [0.2, 0.25) is 0 Å². The fourth-order valence-corrected chi connectivity index (χ4v) is 4.98. The number of hydrogen-bond acceptors (Lipinski definition) is 7. The Morgan fingerprint density at radius 3 is 2.65 bits per heavy atom. The SMILES string of the molecule is Cc1ccc(C=O)cc1OCCOC(=O)CCC/C=C\C[C@@H]1[C@@H](/C=C/[C@@H](O)CCc2ccccc2)[C@H](O)C[C@@H]1O. The zero-order valence-corrected chi connectivity index (χ0v) is 23.2. The minimum Gasteiger partial charge on any atom is -0.490 e. The molecule has 7 nitrogen and oxygen atoms in total. The minimum atomic E-state index is -0.636. The molecule has 0 aromatic heterocycles. The molecule has 0 aliphatic heterocycles. The molecule has 7 heteroatoms. The zero-order valence-electron chi connectivity index (χ0n) is 23.2. The van der Waals surface area contributed by atoms with Gasteiger partial charge in [0.25, 0.3) is 0 Å². The molecular weight excluding hydrogens is 508 g/mol. The Kier molecular flexibility index (Phi) is 13.1. The molecule has 3 rings (SSSR count). The maximum atomic E-state index is 12.0. The highest BCUT2D eigenvalue weighted by Gasteiger charge is 2.39. The highest BCUT2D eigenvalue weighted by Crippen LogP contribution is 2.36. The second-order valence-corrected chi connectivity index (χ2v) is 10.4. The van der Waals surface area contributed by atoms with Crippen molar-refractivity contribution in [1.29, 1.82) is 0 Å². The average molecular weight is 551 g/mol. The molecule has 216 valence electrons. The van der Waals surface area contributed by atoms with E-state index < -0.39 is 18.3 Å². The minimum absolute atomic E-state index is 0.121. The number of aliphatic hydroxyl groups excluding tert-OH is 3. The van der Waals surface area contributed by atoms with Crippen LogP contribution in [0.5, 0.6) is 5.75 Å². The van der Waals surface area contributed by atoms with E-state index in [1.54, 1.807) is 18.2 Å². The Morgan fingerprint density at radius 2 is 1.88 bits per heavy atom. The van der Waals surface area contributed by atoms with Gasteiger partial charge in [-0.15, -0.1) is 0 Å². The van der Waals surface area contributed by atoms with Crippen molar-refractivity contribution >= 4 is 12.3 Å². The quantitative estimate of drug-likeness (QED) is 0.120. The molecule has 1 saturated carbocycles. The highest BCUT2D eigenvalue weighted by molar-refractivity contribution is 5.75. The third kappa shape index (κ3) is 10.4. The second-order valence-electron chi connectivity index (χ2n) is 10.4. The molecule has 0 amide bonds. The largest absolute Gasteiger partial charge is 0.490 e. The van der Waals surface area contributed by atoms with Crippen LogP contribution < -0.4 is 4.74 Å². The lowest BCUT2D eigenvalue weighted by atomic mass is 9.89. The van der Waals surface area contributed by atoms with Crippen molar-refractivity contribution in [2.24, 2.45) is 11.8 Å². The molecule has 5 atom stereocenters. The van der Waals surface area contributed by atoms with E-state index in [0.717, 1.165) is 18.3 Å². The Balaban J connectivity index is 1.32. The van der Waals surface area contributed by atoms with Crippen LogP contribution in [0.1, 0.15) is 60.0 Å². The number of benzene rings is 2. The van der Waals surface area contributed by atoms with Crippen LogP contribution in [0.25, 0.3) is 0 Å². The molecule has 0 unspecified atom stereocenters. The van der Waals surface area contributed by atoms with E-state index >= 15 is 0 Å². The predicted molar refractivity (Wildman–Crippen MR) is 154 cm³/mol. The molecule has 2 aromatic carbocycles. The summed E-state index contributed by atoms with van der Waals surface area (Å²) in [6.45, 7) is 2.23. The second kappa shape index (κ2) is 16.8. The van der Waals surface area contributed by atoms with Crippen LogP contribution in [0.15, 0.2) is 72.8 Å². The number of aldehydes is 1. The summed E-state index contributed by atoms with van der Waals surface area (Å²) in [6, 6.07) is 15.2.